The molecule has 0 radical (unpaired) electrons. The second-order valence-electron chi connectivity index (χ2n) is 2.38. The predicted octanol–water partition coefficient (Wildman–Crippen LogP) is 1.19. The molecule has 0 aliphatic carbocycles. The first kappa shape index (κ1) is 8.24. The molecular weight excluding hydrogens is 140 g/mol. The van der Waals surface area contributed by atoms with Gasteiger partial charge in [-0.2, -0.15) is 0 Å². The maximum atomic E-state index is 9.09. The van der Waals surface area contributed by atoms with Gasteiger partial charge >= 0.3 is 0 Å². The molecular formula is C9H12O2. The van der Waals surface area contributed by atoms with E-state index in [2.05, 4.69) is 0 Å². The minimum Gasteiger partial charge on any atom is -0.368 e. The third-order valence-corrected chi connectivity index (χ3v) is 1.53. The molecule has 2 heteroatoms. The second kappa shape index (κ2) is 4.11. The lowest BCUT2D eigenvalue weighted by atomic mass is 10.1. The number of hydrogen-bond donors (Lipinski definition) is 1. The van der Waals surface area contributed by atoms with Gasteiger partial charge in [-0.3, -0.25) is 0 Å². The maximum absolute atomic E-state index is 9.09. The zero-order valence-electron chi connectivity index (χ0n) is 6.53. The Balaban J connectivity index is 2.51. The van der Waals surface area contributed by atoms with Gasteiger partial charge in [0, 0.05) is 13.5 Å². The number of hydrogen-bond acceptors (Lipinski definition) is 2. The van der Waals surface area contributed by atoms with Crippen LogP contribution in [-0.4, -0.2) is 18.5 Å². The summed E-state index contributed by atoms with van der Waals surface area (Å²) < 4.78 is 4.71. The molecule has 0 unspecified atom stereocenters. The highest BCUT2D eigenvalue weighted by atomic mass is 16.6. The summed E-state index contributed by atoms with van der Waals surface area (Å²) in [5.74, 6) is 0. The summed E-state index contributed by atoms with van der Waals surface area (Å²) in [5.41, 5.74) is 1.09. The molecule has 0 saturated heterocycles. The van der Waals surface area contributed by atoms with Crippen LogP contribution in [0.5, 0.6) is 0 Å². The van der Waals surface area contributed by atoms with Crippen molar-refractivity contribution in [3.05, 3.63) is 35.9 Å². The van der Waals surface area contributed by atoms with Gasteiger partial charge in [0.05, 0.1) is 0 Å². The molecule has 0 aromatic heterocycles. The predicted molar refractivity (Wildman–Crippen MR) is 43.2 cm³/mol. The molecule has 0 fully saturated rings. The van der Waals surface area contributed by atoms with Crippen molar-refractivity contribution < 1.29 is 9.84 Å². The fourth-order valence-electron chi connectivity index (χ4n) is 0.899. The van der Waals surface area contributed by atoms with Gasteiger partial charge < -0.3 is 9.84 Å². The highest BCUT2D eigenvalue weighted by Gasteiger charge is 2.00. The zero-order valence-corrected chi connectivity index (χ0v) is 6.53. The summed E-state index contributed by atoms with van der Waals surface area (Å²) in [7, 11) is 1.49. The Morgan fingerprint density at radius 2 is 2.00 bits per heavy atom. The Morgan fingerprint density at radius 3 is 2.55 bits per heavy atom. The summed E-state index contributed by atoms with van der Waals surface area (Å²) in [4.78, 5) is 0. The van der Waals surface area contributed by atoms with Crippen molar-refractivity contribution in [1.82, 2.24) is 0 Å². The summed E-state index contributed by atoms with van der Waals surface area (Å²) in [6.07, 6.45) is -0.130. The number of rotatable bonds is 3. The monoisotopic (exact) mass is 152 g/mol. The second-order valence-corrected chi connectivity index (χ2v) is 2.38. The zero-order chi connectivity index (χ0) is 8.10. The number of methoxy groups -OCH3 is 1. The normalized spacial score (nSPS) is 12.9. The fraction of sp³-hybridized carbons (Fsp3) is 0.333. The van der Waals surface area contributed by atoms with Crippen LogP contribution in [0.4, 0.5) is 0 Å². The van der Waals surface area contributed by atoms with Gasteiger partial charge in [0.2, 0.25) is 0 Å². The molecule has 11 heavy (non-hydrogen) atoms. The minimum absolute atomic E-state index is 0.553. The summed E-state index contributed by atoms with van der Waals surface area (Å²) in [5, 5.41) is 9.09. The Bertz CT molecular complexity index is 196. The van der Waals surface area contributed by atoms with E-state index < -0.39 is 6.29 Å². The van der Waals surface area contributed by atoms with E-state index in [0.717, 1.165) is 5.56 Å². The fourth-order valence-corrected chi connectivity index (χ4v) is 0.899. The van der Waals surface area contributed by atoms with Crippen LogP contribution in [0.3, 0.4) is 0 Å². The van der Waals surface area contributed by atoms with Crippen molar-refractivity contribution in [2.75, 3.05) is 7.11 Å². The molecule has 60 valence electrons. The van der Waals surface area contributed by atoms with E-state index in [1.54, 1.807) is 0 Å². The van der Waals surface area contributed by atoms with E-state index in [4.69, 9.17) is 9.84 Å². The topological polar surface area (TPSA) is 29.5 Å². The van der Waals surface area contributed by atoms with Gasteiger partial charge in [-0.15, -0.1) is 0 Å². The van der Waals surface area contributed by atoms with Crippen molar-refractivity contribution in [1.29, 1.82) is 0 Å². The highest BCUT2D eigenvalue weighted by molar-refractivity contribution is 5.14. The lowest BCUT2D eigenvalue weighted by Crippen LogP contribution is -2.11. The van der Waals surface area contributed by atoms with E-state index in [-0.39, 0.29) is 0 Å². The molecule has 0 saturated carbocycles. The van der Waals surface area contributed by atoms with Crippen molar-refractivity contribution in [3.63, 3.8) is 0 Å². The molecule has 0 spiro atoms. The summed E-state index contributed by atoms with van der Waals surface area (Å²) in [6.45, 7) is 0. The van der Waals surface area contributed by atoms with Crippen LogP contribution in [-0.2, 0) is 11.2 Å². The highest BCUT2D eigenvalue weighted by Crippen LogP contribution is 2.02. The quantitative estimate of drug-likeness (QED) is 0.659. The lowest BCUT2D eigenvalue weighted by molar-refractivity contribution is -0.0720. The van der Waals surface area contributed by atoms with Crippen molar-refractivity contribution in [3.8, 4) is 0 Å². The molecule has 1 aromatic rings. The number of ether oxygens (including phenoxy) is 1. The number of aliphatic hydroxyl groups excluding tert-OH is 1. The van der Waals surface area contributed by atoms with Crippen LogP contribution in [0.15, 0.2) is 30.3 Å². The van der Waals surface area contributed by atoms with E-state index in [1.165, 1.54) is 7.11 Å². The Labute approximate surface area is 66.4 Å². The van der Waals surface area contributed by atoms with Gasteiger partial charge in [0.1, 0.15) is 0 Å². The largest absolute Gasteiger partial charge is 0.368 e. The van der Waals surface area contributed by atoms with Gasteiger partial charge in [0.25, 0.3) is 0 Å². The molecule has 0 aliphatic rings. The Hall–Kier alpha value is -0.860. The first-order valence-electron chi connectivity index (χ1n) is 3.57. The van der Waals surface area contributed by atoms with Crippen LogP contribution in [0.25, 0.3) is 0 Å². The average Bonchev–Trinajstić information content (AvgIpc) is 2.06. The smallest absolute Gasteiger partial charge is 0.158 e. The SMILES string of the molecule is CO[C@H](O)Cc1ccccc1. The Kier molecular flexibility index (Phi) is 3.08. The van der Waals surface area contributed by atoms with Crippen molar-refractivity contribution in [2.24, 2.45) is 0 Å². The third kappa shape index (κ3) is 2.70. The first-order valence-corrected chi connectivity index (χ1v) is 3.57. The van der Waals surface area contributed by atoms with Gasteiger partial charge in [-0.05, 0) is 5.56 Å². The molecule has 0 amide bonds. The minimum atomic E-state index is -0.683. The molecule has 2 nitrogen and oxygen atoms in total. The van der Waals surface area contributed by atoms with Crippen LogP contribution < -0.4 is 0 Å². The third-order valence-electron chi connectivity index (χ3n) is 1.53. The maximum Gasteiger partial charge on any atom is 0.158 e. The van der Waals surface area contributed by atoms with Crippen LogP contribution in [0.2, 0.25) is 0 Å². The summed E-state index contributed by atoms with van der Waals surface area (Å²) in [6, 6.07) is 9.75. The number of benzene rings is 1. The molecule has 0 bridgehead atoms. The van der Waals surface area contributed by atoms with E-state index in [1.807, 2.05) is 30.3 Å². The summed E-state index contributed by atoms with van der Waals surface area (Å²) >= 11 is 0. The molecule has 1 N–H and O–H groups in total. The van der Waals surface area contributed by atoms with Crippen molar-refractivity contribution in [2.45, 2.75) is 12.7 Å². The molecule has 0 aliphatic heterocycles. The van der Waals surface area contributed by atoms with E-state index >= 15 is 0 Å². The molecule has 1 aromatic carbocycles. The Morgan fingerprint density at radius 1 is 1.36 bits per heavy atom. The standard InChI is InChI=1S/C9H12O2/c1-11-9(10)7-8-5-3-2-4-6-8/h2-6,9-10H,7H2,1H3/t9-/m0/s1. The average molecular weight is 152 g/mol. The molecule has 1 atom stereocenters. The first-order chi connectivity index (χ1) is 5.33. The van der Waals surface area contributed by atoms with Gasteiger partial charge in [0.15, 0.2) is 6.29 Å². The van der Waals surface area contributed by atoms with E-state index in [0.29, 0.717) is 6.42 Å². The van der Waals surface area contributed by atoms with Gasteiger partial charge in [-0.1, -0.05) is 30.3 Å². The van der Waals surface area contributed by atoms with Crippen molar-refractivity contribution >= 4 is 0 Å². The van der Waals surface area contributed by atoms with E-state index in [9.17, 15) is 0 Å². The molecule has 0 heterocycles. The number of aliphatic hydroxyl groups is 1. The van der Waals surface area contributed by atoms with Crippen LogP contribution in [0.1, 0.15) is 5.56 Å². The van der Waals surface area contributed by atoms with Crippen LogP contribution >= 0.6 is 0 Å². The van der Waals surface area contributed by atoms with Gasteiger partial charge in [-0.25, -0.2) is 0 Å². The van der Waals surface area contributed by atoms with Crippen LogP contribution in [0, 0.1) is 0 Å². The molecule has 1 rings (SSSR count). The lowest BCUT2D eigenvalue weighted by Gasteiger charge is -2.06.